The van der Waals surface area contributed by atoms with Crippen molar-refractivity contribution in [2.75, 3.05) is 6.61 Å². The molecular weight excluding hydrogens is 369 g/mol. The first-order chi connectivity index (χ1) is 9.33. The van der Waals surface area contributed by atoms with Gasteiger partial charge in [-0.15, -0.1) is 0 Å². The molecule has 1 aliphatic heterocycles. The minimum Gasteiger partial charge on any atom is -0.444 e. The predicted octanol–water partition coefficient (Wildman–Crippen LogP) is 3.13. The molecule has 0 radical (unpaired) electrons. The first-order valence-electron chi connectivity index (χ1n) is 6.69. The number of benzene rings is 1. The molecule has 4 nitrogen and oxygen atoms in total. The number of amides is 1. The van der Waals surface area contributed by atoms with Crippen molar-refractivity contribution < 1.29 is 14.3 Å². The monoisotopic (exact) mass is 389 g/mol. The second-order valence-corrected chi connectivity index (χ2v) is 7.20. The van der Waals surface area contributed by atoms with Gasteiger partial charge < -0.3 is 14.8 Å². The topological polar surface area (TPSA) is 50.9 Å². The molecule has 0 bridgehead atoms. The average molecular weight is 389 g/mol. The van der Waals surface area contributed by atoms with Crippen LogP contribution in [0.15, 0.2) is 24.3 Å². The van der Waals surface area contributed by atoms with E-state index in [4.69, 9.17) is 9.47 Å². The highest BCUT2D eigenvalue weighted by molar-refractivity contribution is 14.1. The van der Waals surface area contributed by atoms with E-state index in [9.17, 15) is 4.79 Å². The molecule has 1 N–H and O–H groups in total. The summed E-state index contributed by atoms with van der Waals surface area (Å²) in [5.74, 6) is 0. The van der Waals surface area contributed by atoms with Gasteiger partial charge in [0.2, 0.25) is 0 Å². The van der Waals surface area contributed by atoms with Crippen molar-refractivity contribution in [3.05, 3.63) is 33.4 Å². The lowest BCUT2D eigenvalue weighted by Gasteiger charge is -2.23. The summed E-state index contributed by atoms with van der Waals surface area (Å²) in [4.78, 5) is 11.9. The van der Waals surface area contributed by atoms with Gasteiger partial charge in [-0.3, -0.25) is 0 Å². The summed E-state index contributed by atoms with van der Waals surface area (Å²) < 4.78 is 11.8. The van der Waals surface area contributed by atoms with E-state index in [0.29, 0.717) is 6.61 Å². The fourth-order valence-electron chi connectivity index (χ4n) is 1.90. The number of carbonyl (C=O) groups excluding carboxylic acids is 1. The first kappa shape index (κ1) is 15.6. The largest absolute Gasteiger partial charge is 0.444 e. The normalized spacial score (nSPS) is 19.3. The molecule has 1 aromatic carbocycles. The Bertz CT molecular complexity index is 463. The number of hydrogen-bond acceptors (Lipinski definition) is 3. The molecule has 1 fully saturated rings. The second-order valence-electron chi connectivity index (χ2n) is 5.96. The van der Waals surface area contributed by atoms with Gasteiger partial charge in [-0.2, -0.15) is 0 Å². The third-order valence-electron chi connectivity index (χ3n) is 2.88. The quantitative estimate of drug-likeness (QED) is 0.636. The predicted molar refractivity (Wildman–Crippen MR) is 85.8 cm³/mol. The number of rotatable bonds is 4. The van der Waals surface area contributed by atoms with Crippen molar-refractivity contribution in [2.24, 2.45) is 0 Å². The van der Waals surface area contributed by atoms with E-state index in [1.54, 1.807) is 0 Å². The fraction of sp³-hybridized carbons (Fsp3) is 0.533. The van der Waals surface area contributed by atoms with E-state index < -0.39 is 5.60 Å². The number of nitrogens with one attached hydrogen (secondary N) is 1. The number of ether oxygens (including phenoxy) is 2. The van der Waals surface area contributed by atoms with Crippen molar-refractivity contribution in [1.82, 2.24) is 5.32 Å². The maximum absolute atomic E-state index is 11.9. The van der Waals surface area contributed by atoms with Crippen LogP contribution in [0.25, 0.3) is 0 Å². The van der Waals surface area contributed by atoms with Gasteiger partial charge in [-0.25, -0.2) is 4.79 Å². The van der Waals surface area contributed by atoms with Crippen LogP contribution >= 0.6 is 22.6 Å². The molecule has 2 rings (SSSR count). The Morgan fingerprint density at radius 1 is 1.45 bits per heavy atom. The average Bonchev–Trinajstić information content (AvgIpc) is 3.12. The zero-order valence-electron chi connectivity index (χ0n) is 12.0. The Hall–Kier alpha value is -0.820. The van der Waals surface area contributed by atoms with E-state index >= 15 is 0 Å². The highest BCUT2D eigenvalue weighted by Gasteiger charge is 2.34. The molecule has 1 amide bonds. The number of alkyl carbamates (subject to hydrolysis) is 1. The maximum atomic E-state index is 11.9. The molecule has 1 saturated heterocycles. The van der Waals surface area contributed by atoms with E-state index in [2.05, 4.69) is 52.2 Å². The van der Waals surface area contributed by atoms with E-state index in [1.807, 2.05) is 20.8 Å². The second kappa shape index (κ2) is 6.30. The summed E-state index contributed by atoms with van der Waals surface area (Å²) in [6.07, 6.45) is 0.464. The summed E-state index contributed by atoms with van der Waals surface area (Å²) in [6.45, 7) is 6.27. The molecule has 0 spiro atoms. The zero-order chi connectivity index (χ0) is 14.8. The molecule has 1 aromatic rings. The van der Waals surface area contributed by atoms with Crippen molar-refractivity contribution in [3.63, 3.8) is 0 Å². The number of hydrogen-bond donors (Lipinski definition) is 1. The summed E-state index contributed by atoms with van der Waals surface area (Å²) >= 11 is 2.28. The van der Waals surface area contributed by atoms with Crippen LogP contribution in [0.3, 0.4) is 0 Å². The van der Waals surface area contributed by atoms with Crippen LogP contribution in [0.2, 0.25) is 0 Å². The SMILES string of the molecule is CC(C)(C)OC(=O)N[C@@H](Cc1ccc(I)cc1)[C@@H]1CO1. The number of carbonyl (C=O) groups is 1. The van der Waals surface area contributed by atoms with Gasteiger partial charge >= 0.3 is 6.09 Å². The number of halogens is 1. The van der Waals surface area contributed by atoms with E-state index in [-0.39, 0.29) is 18.2 Å². The van der Waals surface area contributed by atoms with Gasteiger partial charge in [0.05, 0.1) is 12.6 Å². The van der Waals surface area contributed by atoms with E-state index in [1.165, 1.54) is 9.13 Å². The van der Waals surface area contributed by atoms with Gasteiger partial charge in [0.15, 0.2) is 0 Å². The third kappa shape index (κ3) is 5.28. The molecule has 1 heterocycles. The van der Waals surface area contributed by atoms with Crippen molar-refractivity contribution >= 4 is 28.7 Å². The summed E-state index contributed by atoms with van der Waals surface area (Å²) in [6, 6.07) is 8.24. The van der Waals surface area contributed by atoms with Crippen LogP contribution < -0.4 is 5.32 Å². The zero-order valence-corrected chi connectivity index (χ0v) is 14.1. The Kier molecular flexibility index (Phi) is 4.90. The molecule has 1 aliphatic rings. The fourth-order valence-corrected chi connectivity index (χ4v) is 2.26. The molecule has 0 unspecified atom stereocenters. The van der Waals surface area contributed by atoms with Gasteiger partial charge in [0, 0.05) is 3.57 Å². The van der Waals surface area contributed by atoms with Crippen LogP contribution in [-0.4, -0.2) is 30.4 Å². The first-order valence-corrected chi connectivity index (χ1v) is 7.77. The molecule has 0 aliphatic carbocycles. The van der Waals surface area contributed by atoms with Crippen molar-refractivity contribution in [1.29, 1.82) is 0 Å². The Morgan fingerprint density at radius 3 is 2.55 bits per heavy atom. The Morgan fingerprint density at radius 2 is 2.05 bits per heavy atom. The van der Waals surface area contributed by atoms with Gasteiger partial charge in [0.1, 0.15) is 11.7 Å². The van der Waals surface area contributed by atoms with Crippen molar-refractivity contribution in [2.45, 2.75) is 44.9 Å². The highest BCUT2D eigenvalue weighted by Crippen LogP contribution is 2.19. The maximum Gasteiger partial charge on any atom is 0.407 e. The molecule has 5 heteroatoms. The van der Waals surface area contributed by atoms with Crippen LogP contribution in [-0.2, 0) is 15.9 Å². The molecule has 0 aromatic heterocycles. The summed E-state index contributed by atoms with van der Waals surface area (Å²) in [5.41, 5.74) is 0.698. The Labute approximate surface area is 133 Å². The van der Waals surface area contributed by atoms with Crippen molar-refractivity contribution in [3.8, 4) is 0 Å². The van der Waals surface area contributed by atoms with E-state index in [0.717, 1.165) is 6.42 Å². The molecule has 0 saturated carbocycles. The smallest absolute Gasteiger partial charge is 0.407 e. The minimum absolute atomic E-state index is 0.0371. The van der Waals surface area contributed by atoms with Gasteiger partial charge in [-0.05, 0) is 67.5 Å². The van der Waals surface area contributed by atoms with Crippen LogP contribution in [0, 0.1) is 3.57 Å². The molecular formula is C15H20INO3. The minimum atomic E-state index is -0.484. The van der Waals surface area contributed by atoms with Crippen LogP contribution in [0.5, 0.6) is 0 Å². The lowest BCUT2D eigenvalue weighted by Crippen LogP contribution is -2.43. The summed E-state index contributed by atoms with van der Waals surface area (Å²) in [5, 5.41) is 2.91. The molecule has 20 heavy (non-hydrogen) atoms. The summed E-state index contributed by atoms with van der Waals surface area (Å²) in [7, 11) is 0. The lowest BCUT2D eigenvalue weighted by atomic mass is 10.0. The van der Waals surface area contributed by atoms with Gasteiger partial charge in [0.25, 0.3) is 0 Å². The van der Waals surface area contributed by atoms with Crippen LogP contribution in [0.4, 0.5) is 4.79 Å². The Balaban J connectivity index is 1.94. The van der Waals surface area contributed by atoms with Gasteiger partial charge in [-0.1, -0.05) is 12.1 Å². The highest BCUT2D eigenvalue weighted by atomic mass is 127. The molecule has 110 valence electrons. The van der Waals surface area contributed by atoms with Crippen LogP contribution in [0.1, 0.15) is 26.3 Å². The molecule has 2 atom stereocenters. The lowest BCUT2D eigenvalue weighted by molar-refractivity contribution is 0.0495. The standard InChI is InChI=1S/C15H20INO3/c1-15(2,3)20-14(18)17-12(13-9-19-13)8-10-4-6-11(16)7-5-10/h4-7,12-13H,8-9H2,1-3H3,(H,17,18)/t12-,13-/m0/s1. The number of epoxide rings is 1. The third-order valence-corrected chi connectivity index (χ3v) is 3.60.